The Bertz CT molecular complexity index is 490. The van der Waals surface area contributed by atoms with Crippen LogP contribution in [-0.2, 0) is 0 Å². The molecule has 1 aromatic heterocycles. The maximum atomic E-state index is 11.2. The number of thiazole rings is 1. The van der Waals surface area contributed by atoms with Crippen LogP contribution >= 0.6 is 11.3 Å². The quantitative estimate of drug-likeness (QED) is 0.764. The second-order valence-corrected chi connectivity index (χ2v) is 4.23. The second-order valence-electron chi connectivity index (χ2n) is 3.00. The lowest BCUT2D eigenvalue weighted by molar-refractivity contribution is 0.0904. The number of carbonyl (C=O) groups excluding carboxylic acids is 1. The van der Waals surface area contributed by atoms with E-state index >= 15 is 0 Å². The standard InChI is InChI=1S/C10H9NO2S/c1-6-11-8-4-7(9(13)5-12)2-3-10(8)14-6/h2-4,12H,5H2,1H3. The van der Waals surface area contributed by atoms with Gasteiger partial charge in [-0.1, -0.05) is 0 Å². The van der Waals surface area contributed by atoms with Crippen molar-refractivity contribution in [3.63, 3.8) is 0 Å². The maximum Gasteiger partial charge on any atom is 0.188 e. The Morgan fingerprint density at radius 3 is 3.07 bits per heavy atom. The highest BCUT2D eigenvalue weighted by atomic mass is 32.1. The van der Waals surface area contributed by atoms with Crippen molar-refractivity contribution in [3.8, 4) is 0 Å². The van der Waals surface area contributed by atoms with E-state index in [1.165, 1.54) is 0 Å². The van der Waals surface area contributed by atoms with Gasteiger partial charge in [0.15, 0.2) is 5.78 Å². The van der Waals surface area contributed by atoms with Gasteiger partial charge in [0.1, 0.15) is 6.61 Å². The van der Waals surface area contributed by atoms with Gasteiger partial charge >= 0.3 is 0 Å². The molecule has 1 heterocycles. The summed E-state index contributed by atoms with van der Waals surface area (Å²) in [7, 11) is 0. The lowest BCUT2D eigenvalue weighted by Crippen LogP contribution is -2.03. The summed E-state index contributed by atoms with van der Waals surface area (Å²) in [5.41, 5.74) is 1.34. The molecule has 72 valence electrons. The first-order valence-corrected chi connectivity index (χ1v) is 5.03. The average molecular weight is 207 g/mol. The largest absolute Gasteiger partial charge is 0.388 e. The van der Waals surface area contributed by atoms with E-state index in [0.29, 0.717) is 5.56 Å². The molecule has 0 fully saturated rings. The first-order valence-electron chi connectivity index (χ1n) is 4.22. The van der Waals surface area contributed by atoms with Gasteiger partial charge in [0.25, 0.3) is 0 Å². The van der Waals surface area contributed by atoms with Gasteiger partial charge in [-0.15, -0.1) is 11.3 Å². The summed E-state index contributed by atoms with van der Waals surface area (Å²) in [6.45, 7) is 1.48. The van der Waals surface area contributed by atoms with E-state index in [1.54, 1.807) is 23.5 Å². The fourth-order valence-electron chi connectivity index (χ4n) is 1.31. The van der Waals surface area contributed by atoms with Gasteiger partial charge < -0.3 is 5.11 Å². The van der Waals surface area contributed by atoms with Crippen LogP contribution in [0.15, 0.2) is 18.2 Å². The Labute approximate surface area is 85.0 Å². The zero-order valence-electron chi connectivity index (χ0n) is 7.65. The number of aryl methyl sites for hydroxylation is 1. The SMILES string of the molecule is Cc1nc2cc(C(=O)CO)ccc2s1. The van der Waals surface area contributed by atoms with Crippen molar-refractivity contribution in [2.24, 2.45) is 0 Å². The lowest BCUT2D eigenvalue weighted by atomic mass is 10.1. The molecule has 0 amide bonds. The molecule has 14 heavy (non-hydrogen) atoms. The Hall–Kier alpha value is -1.26. The number of hydrogen-bond acceptors (Lipinski definition) is 4. The zero-order valence-corrected chi connectivity index (χ0v) is 8.47. The third-order valence-electron chi connectivity index (χ3n) is 1.96. The highest BCUT2D eigenvalue weighted by Crippen LogP contribution is 2.22. The molecule has 3 nitrogen and oxygen atoms in total. The van der Waals surface area contributed by atoms with Gasteiger partial charge in [-0.05, 0) is 25.1 Å². The van der Waals surface area contributed by atoms with Crippen molar-refractivity contribution < 1.29 is 9.90 Å². The van der Waals surface area contributed by atoms with Crippen LogP contribution in [0.1, 0.15) is 15.4 Å². The molecule has 1 aromatic carbocycles. The van der Waals surface area contributed by atoms with Crippen LogP contribution < -0.4 is 0 Å². The number of hydrogen-bond donors (Lipinski definition) is 1. The number of ketones is 1. The molecule has 2 aromatic rings. The van der Waals surface area contributed by atoms with Crippen LogP contribution in [0.25, 0.3) is 10.2 Å². The number of carbonyl (C=O) groups is 1. The number of aliphatic hydroxyl groups excluding tert-OH is 1. The molecule has 0 radical (unpaired) electrons. The van der Waals surface area contributed by atoms with E-state index < -0.39 is 6.61 Å². The Morgan fingerprint density at radius 2 is 2.36 bits per heavy atom. The lowest BCUT2D eigenvalue weighted by Gasteiger charge is -1.95. The number of aromatic nitrogens is 1. The van der Waals surface area contributed by atoms with Gasteiger partial charge in [0.05, 0.1) is 15.2 Å². The smallest absolute Gasteiger partial charge is 0.188 e. The molecule has 0 spiro atoms. The van der Waals surface area contributed by atoms with Crippen molar-refractivity contribution in [3.05, 3.63) is 28.8 Å². The molecule has 2 rings (SSSR count). The third kappa shape index (κ3) is 1.54. The summed E-state index contributed by atoms with van der Waals surface area (Å²) in [4.78, 5) is 15.5. The number of rotatable bonds is 2. The number of benzene rings is 1. The summed E-state index contributed by atoms with van der Waals surface area (Å²) < 4.78 is 1.07. The predicted octanol–water partition coefficient (Wildman–Crippen LogP) is 1.78. The summed E-state index contributed by atoms with van der Waals surface area (Å²) in [6.07, 6.45) is 0. The molecule has 0 bridgehead atoms. The topological polar surface area (TPSA) is 50.2 Å². The first-order chi connectivity index (χ1) is 6.70. The van der Waals surface area contributed by atoms with Crippen LogP contribution in [-0.4, -0.2) is 22.5 Å². The molecule has 4 heteroatoms. The van der Waals surface area contributed by atoms with Crippen LogP contribution in [0.5, 0.6) is 0 Å². The molecule has 0 atom stereocenters. The minimum absolute atomic E-state index is 0.266. The minimum Gasteiger partial charge on any atom is -0.388 e. The van der Waals surface area contributed by atoms with Crippen molar-refractivity contribution in [1.82, 2.24) is 4.98 Å². The minimum atomic E-state index is -0.450. The van der Waals surface area contributed by atoms with Crippen molar-refractivity contribution in [1.29, 1.82) is 0 Å². The van der Waals surface area contributed by atoms with E-state index in [-0.39, 0.29) is 5.78 Å². The first kappa shape index (κ1) is 9.30. The van der Waals surface area contributed by atoms with E-state index in [9.17, 15) is 4.79 Å². The maximum absolute atomic E-state index is 11.2. The summed E-state index contributed by atoms with van der Waals surface area (Å²) >= 11 is 1.60. The third-order valence-corrected chi connectivity index (χ3v) is 2.91. The van der Waals surface area contributed by atoms with Crippen molar-refractivity contribution >= 4 is 27.3 Å². The molecule has 0 saturated heterocycles. The summed E-state index contributed by atoms with van der Waals surface area (Å²) in [5.74, 6) is -0.266. The highest BCUT2D eigenvalue weighted by molar-refractivity contribution is 7.18. The predicted molar refractivity (Wildman–Crippen MR) is 55.8 cm³/mol. The van der Waals surface area contributed by atoms with Crippen LogP contribution in [0.3, 0.4) is 0 Å². The van der Waals surface area contributed by atoms with E-state index in [4.69, 9.17) is 5.11 Å². The van der Waals surface area contributed by atoms with Crippen LogP contribution in [0.2, 0.25) is 0 Å². The zero-order chi connectivity index (χ0) is 10.1. The van der Waals surface area contributed by atoms with Gasteiger partial charge in [-0.2, -0.15) is 0 Å². The Morgan fingerprint density at radius 1 is 1.57 bits per heavy atom. The fraction of sp³-hybridized carbons (Fsp3) is 0.200. The normalized spacial score (nSPS) is 10.7. The number of aliphatic hydroxyl groups is 1. The highest BCUT2D eigenvalue weighted by Gasteiger charge is 2.06. The molecule has 0 aliphatic heterocycles. The Kier molecular flexibility index (Phi) is 2.31. The van der Waals surface area contributed by atoms with Gasteiger partial charge in [0.2, 0.25) is 0 Å². The van der Waals surface area contributed by atoms with Crippen LogP contribution in [0.4, 0.5) is 0 Å². The van der Waals surface area contributed by atoms with Crippen LogP contribution in [0, 0.1) is 6.92 Å². The fourth-order valence-corrected chi connectivity index (χ4v) is 2.11. The molecule has 0 saturated carbocycles. The van der Waals surface area contributed by atoms with E-state index in [0.717, 1.165) is 15.2 Å². The van der Waals surface area contributed by atoms with Gasteiger partial charge in [-0.3, -0.25) is 4.79 Å². The van der Waals surface area contributed by atoms with E-state index in [2.05, 4.69) is 4.98 Å². The monoisotopic (exact) mass is 207 g/mol. The van der Waals surface area contributed by atoms with Gasteiger partial charge in [0, 0.05) is 5.56 Å². The number of nitrogens with zero attached hydrogens (tertiary/aromatic N) is 1. The van der Waals surface area contributed by atoms with Crippen molar-refractivity contribution in [2.45, 2.75) is 6.92 Å². The molecular formula is C10H9NO2S. The number of Topliss-reactive ketones (excluding diaryl/α,β-unsaturated/α-hetero) is 1. The summed E-state index contributed by atoms with van der Waals surface area (Å²) in [6, 6.07) is 5.30. The average Bonchev–Trinajstić information content (AvgIpc) is 2.55. The number of fused-ring (bicyclic) bond motifs is 1. The second kappa shape index (κ2) is 3.48. The Balaban J connectivity index is 2.55. The van der Waals surface area contributed by atoms with Crippen molar-refractivity contribution in [2.75, 3.05) is 6.61 Å². The molecule has 1 N–H and O–H groups in total. The summed E-state index contributed by atoms with van der Waals surface area (Å²) in [5, 5.41) is 9.68. The van der Waals surface area contributed by atoms with Gasteiger partial charge in [-0.25, -0.2) is 4.98 Å². The molecule has 0 aliphatic rings. The molecule has 0 unspecified atom stereocenters. The molecule has 0 aliphatic carbocycles. The molecular weight excluding hydrogens is 198 g/mol. The van der Waals surface area contributed by atoms with E-state index in [1.807, 2.05) is 13.0 Å².